The van der Waals surface area contributed by atoms with Crippen molar-refractivity contribution in [2.75, 3.05) is 11.5 Å². The Morgan fingerprint density at radius 1 is 0.655 bits per heavy atom. The van der Waals surface area contributed by atoms with Gasteiger partial charge in [-0.05, 0) is 201 Å². The zero-order valence-electron chi connectivity index (χ0n) is 34.5. The van der Waals surface area contributed by atoms with E-state index in [9.17, 15) is 0 Å². The molecule has 0 heterocycles. The second-order valence-electron chi connectivity index (χ2n) is 19.1. The van der Waals surface area contributed by atoms with E-state index < -0.39 is 0 Å². The van der Waals surface area contributed by atoms with Gasteiger partial charge in [0.1, 0.15) is 23.0 Å². The number of hydrogen-bond acceptors (Lipinski definition) is 4. The smallest absolute Gasteiger partial charge is 0.130 e. The highest BCUT2D eigenvalue weighted by molar-refractivity contribution is 5.51. The largest absolute Gasteiger partial charge is 0.457 e. The summed E-state index contributed by atoms with van der Waals surface area (Å²) in [6.07, 6.45) is 16.4. The lowest BCUT2D eigenvalue weighted by Gasteiger charge is -2.63. The number of nitrogen functional groups attached to an aromatic ring is 2. The molecule has 4 heteroatoms. The van der Waals surface area contributed by atoms with Crippen LogP contribution in [-0.4, -0.2) is 0 Å². The Labute approximate surface area is 331 Å². The van der Waals surface area contributed by atoms with Crippen molar-refractivity contribution >= 4 is 11.4 Å². The maximum Gasteiger partial charge on any atom is 0.130 e. The quantitative estimate of drug-likeness (QED) is 0.159. The first kappa shape index (κ1) is 38.0. The fourth-order valence-corrected chi connectivity index (χ4v) is 13.1. The second kappa shape index (κ2) is 14.9. The van der Waals surface area contributed by atoms with Crippen molar-refractivity contribution in [2.24, 2.45) is 46.3 Å². The number of unbranched alkanes of at least 4 members (excludes halogenated alkanes) is 1. The van der Waals surface area contributed by atoms with Crippen LogP contribution in [0.1, 0.15) is 127 Å². The molecular formula is C51H66N2O2. The van der Waals surface area contributed by atoms with Gasteiger partial charge in [-0.3, -0.25) is 0 Å². The number of benzene rings is 4. The fraction of sp³-hybridized carbons (Fsp3) is 0.529. The van der Waals surface area contributed by atoms with Crippen LogP contribution in [-0.2, 0) is 5.41 Å². The Kier molecular flexibility index (Phi) is 10.3. The van der Waals surface area contributed by atoms with E-state index in [-0.39, 0.29) is 5.41 Å². The molecule has 0 saturated heterocycles. The zero-order valence-corrected chi connectivity index (χ0v) is 34.5. The number of aryl methyl sites for hydroxylation is 2. The molecule has 0 radical (unpaired) electrons. The van der Waals surface area contributed by atoms with E-state index in [1.165, 1.54) is 92.9 Å². The highest BCUT2D eigenvalue weighted by atomic mass is 16.5. The Bertz CT molecular complexity index is 1870. The first-order valence-corrected chi connectivity index (χ1v) is 21.7. The highest BCUT2D eigenvalue weighted by Crippen LogP contribution is 2.70. The molecular weight excluding hydrogens is 673 g/mol. The average Bonchev–Trinajstić information content (AvgIpc) is 3.54. The lowest BCUT2D eigenvalue weighted by Crippen LogP contribution is -2.55. The third-order valence-corrected chi connectivity index (χ3v) is 16.2. The second-order valence-corrected chi connectivity index (χ2v) is 19.1. The van der Waals surface area contributed by atoms with Crippen LogP contribution in [0.4, 0.5) is 11.4 Å². The molecule has 4 aliphatic rings. The molecule has 8 unspecified atom stereocenters. The van der Waals surface area contributed by atoms with E-state index in [4.69, 9.17) is 20.9 Å². The number of anilines is 2. The molecule has 292 valence electrons. The molecule has 0 spiro atoms. The van der Waals surface area contributed by atoms with Crippen LogP contribution < -0.4 is 20.9 Å². The lowest BCUT2D eigenvalue weighted by atomic mass is 9.42. The minimum absolute atomic E-state index is 0.0810. The molecule has 4 aromatic rings. The Balaban J connectivity index is 1.10. The van der Waals surface area contributed by atoms with Gasteiger partial charge in [-0.25, -0.2) is 0 Å². The standard InChI is InChI=1S/C51H66N2O2/c1-7-8-9-33(2)44-22-23-45-43-21-10-38-32-51(29-28-49(38,5)46(43)26-27-50(44,45)6,36-11-24-47(34(3)30-36)54-41-17-13-39(52)14-18-41)37-12-25-48(35(4)31-37)55-42-19-15-40(53)16-20-42/h11-20,24-25,30-31,33,38,43-46H,7-10,21-23,26-29,32,52-53H2,1-6H3. The zero-order chi connectivity index (χ0) is 38.5. The van der Waals surface area contributed by atoms with Gasteiger partial charge < -0.3 is 20.9 Å². The number of ether oxygens (including phenoxy) is 2. The van der Waals surface area contributed by atoms with E-state index in [0.29, 0.717) is 16.7 Å². The average molecular weight is 739 g/mol. The van der Waals surface area contributed by atoms with Gasteiger partial charge in [-0.1, -0.05) is 71.2 Å². The van der Waals surface area contributed by atoms with Crippen molar-refractivity contribution in [3.8, 4) is 23.0 Å². The molecule has 4 saturated carbocycles. The number of rotatable bonds is 10. The van der Waals surface area contributed by atoms with Crippen LogP contribution in [0, 0.1) is 60.2 Å². The van der Waals surface area contributed by atoms with Crippen molar-refractivity contribution in [1.29, 1.82) is 0 Å². The molecule has 0 aliphatic heterocycles. The van der Waals surface area contributed by atoms with E-state index in [1.807, 2.05) is 48.5 Å². The number of nitrogens with two attached hydrogens (primary N) is 2. The van der Waals surface area contributed by atoms with E-state index in [1.54, 1.807) is 0 Å². The van der Waals surface area contributed by atoms with Crippen molar-refractivity contribution in [1.82, 2.24) is 0 Å². The predicted molar refractivity (Wildman–Crippen MR) is 229 cm³/mol. The summed E-state index contributed by atoms with van der Waals surface area (Å²) in [6, 6.07) is 29.4. The number of hydrogen-bond donors (Lipinski definition) is 2. The van der Waals surface area contributed by atoms with Crippen LogP contribution in [0.2, 0.25) is 0 Å². The number of fused-ring (bicyclic) bond motifs is 5. The Morgan fingerprint density at radius 2 is 1.22 bits per heavy atom. The molecule has 0 bridgehead atoms. The van der Waals surface area contributed by atoms with E-state index >= 15 is 0 Å². The van der Waals surface area contributed by atoms with E-state index in [0.717, 1.165) is 70.4 Å². The predicted octanol–water partition coefficient (Wildman–Crippen LogP) is 13.8. The Morgan fingerprint density at radius 3 is 1.76 bits per heavy atom. The normalized spacial score (nSPS) is 30.1. The maximum atomic E-state index is 6.41. The molecule has 4 nitrogen and oxygen atoms in total. The van der Waals surface area contributed by atoms with Gasteiger partial charge in [-0.2, -0.15) is 0 Å². The molecule has 8 rings (SSSR count). The van der Waals surface area contributed by atoms with Crippen molar-refractivity contribution < 1.29 is 9.47 Å². The molecule has 4 fully saturated rings. The highest BCUT2D eigenvalue weighted by Gasteiger charge is 2.62. The van der Waals surface area contributed by atoms with Crippen molar-refractivity contribution in [3.05, 3.63) is 107 Å². The molecule has 4 aromatic carbocycles. The van der Waals surface area contributed by atoms with Crippen LogP contribution in [0.25, 0.3) is 0 Å². The first-order chi connectivity index (χ1) is 26.4. The lowest BCUT2D eigenvalue weighted by molar-refractivity contribution is -0.122. The molecule has 0 amide bonds. The third kappa shape index (κ3) is 6.84. The van der Waals surface area contributed by atoms with Gasteiger partial charge in [0.05, 0.1) is 0 Å². The Hall–Kier alpha value is -3.92. The van der Waals surface area contributed by atoms with E-state index in [2.05, 4.69) is 77.9 Å². The van der Waals surface area contributed by atoms with Gasteiger partial charge in [0.15, 0.2) is 0 Å². The van der Waals surface area contributed by atoms with Crippen molar-refractivity contribution in [3.63, 3.8) is 0 Å². The summed E-state index contributed by atoms with van der Waals surface area (Å²) in [5, 5.41) is 0. The topological polar surface area (TPSA) is 70.5 Å². The first-order valence-electron chi connectivity index (χ1n) is 21.7. The minimum Gasteiger partial charge on any atom is -0.457 e. The van der Waals surface area contributed by atoms with Crippen LogP contribution in [0.3, 0.4) is 0 Å². The summed E-state index contributed by atoms with van der Waals surface area (Å²) < 4.78 is 12.8. The molecule has 55 heavy (non-hydrogen) atoms. The molecule has 0 aromatic heterocycles. The van der Waals surface area contributed by atoms with Crippen molar-refractivity contribution in [2.45, 2.75) is 124 Å². The molecule has 8 atom stereocenters. The van der Waals surface area contributed by atoms with Gasteiger partial charge in [-0.15, -0.1) is 0 Å². The van der Waals surface area contributed by atoms with Gasteiger partial charge in [0.2, 0.25) is 0 Å². The van der Waals surface area contributed by atoms with Crippen LogP contribution in [0.15, 0.2) is 84.9 Å². The minimum atomic E-state index is -0.0810. The summed E-state index contributed by atoms with van der Waals surface area (Å²) in [5.41, 5.74) is 19.4. The summed E-state index contributed by atoms with van der Waals surface area (Å²) in [4.78, 5) is 0. The van der Waals surface area contributed by atoms with Gasteiger partial charge >= 0.3 is 0 Å². The fourth-order valence-electron chi connectivity index (χ4n) is 13.1. The van der Waals surface area contributed by atoms with Crippen LogP contribution >= 0.6 is 0 Å². The SMILES string of the molecule is CCCCC(C)C1CCC2C3CCC4CC(c5ccc(Oc6ccc(N)cc6)c(C)c5)(c5ccc(Oc6ccc(N)cc6)c(C)c5)CCC4(C)C3CCC12C. The summed E-state index contributed by atoms with van der Waals surface area (Å²) in [7, 11) is 0. The molecule has 4 N–H and O–H groups in total. The monoisotopic (exact) mass is 739 g/mol. The van der Waals surface area contributed by atoms with Gasteiger partial charge in [0, 0.05) is 16.8 Å². The molecule has 4 aliphatic carbocycles. The summed E-state index contributed by atoms with van der Waals surface area (Å²) >= 11 is 0. The van der Waals surface area contributed by atoms with Gasteiger partial charge in [0.25, 0.3) is 0 Å². The maximum absolute atomic E-state index is 6.41. The van der Waals surface area contributed by atoms with Crippen LogP contribution in [0.5, 0.6) is 23.0 Å². The summed E-state index contributed by atoms with van der Waals surface area (Å²) in [5.74, 6) is 8.57. The summed E-state index contributed by atoms with van der Waals surface area (Å²) in [6.45, 7) is 14.8. The third-order valence-electron chi connectivity index (χ3n) is 16.2.